The van der Waals surface area contributed by atoms with Crippen LogP contribution in [0.4, 0.5) is 0 Å². The molecule has 0 saturated carbocycles. The first-order valence-corrected chi connectivity index (χ1v) is 9.88. The maximum atomic E-state index is 12.9. The third-order valence-corrected chi connectivity index (χ3v) is 5.49. The van der Waals surface area contributed by atoms with Crippen LogP contribution >= 0.6 is 0 Å². The molecular formula is C21H30N2O5. The van der Waals surface area contributed by atoms with Crippen molar-refractivity contribution < 1.29 is 23.8 Å². The van der Waals surface area contributed by atoms with Crippen LogP contribution < -0.4 is 9.47 Å². The van der Waals surface area contributed by atoms with E-state index in [0.717, 1.165) is 0 Å². The summed E-state index contributed by atoms with van der Waals surface area (Å²) in [4.78, 5) is 29.5. The zero-order valence-corrected chi connectivity index (χ0v) is 17.1. The number of carbonyl (C=O) groups excluding carboxylic acids is 2. The number of carbonyl (C=O) groups is 2. The lowest BCUT2D eigenvalue weighted by molar-refractivity contribution is -0.148. The summed E-state index contributed by atoms with van der Waals surface area (Å²) in [6.45, 7) is 6.46. The first kappa shape index (κ1) is 20.5. The van der Waals surface area contributed by atoms with Crippen LogP contribution in [0, 0.1) is 5.92 Å². The second-order valence-electron chi connectivity index (χ2n) is 7.64. The molecule has 7 nitrogen and oxygen atoms in total. The van der Waals surface area contributed by atoms with E-state index in [9.17, 15) is 9.59 Å². The van der Waals surface area contributed by atoms with Gasteiger partial charge in [0, 0.05) is 37.7 Å². The van der Waals surface area contributed by atoms with Gasteiger partial charge in [-0.3, -0.25) is 9.59 Å². The zero-order valence-electron chi connectivity index (χ0n) is 17.1. The molecular weight excluding hydrogens is 360 g/mol. The summed E-state index contributed by atoms with van der Waals surface area (Å²) >= 11 is 0. The van der Waals surface area contributed by atoms with Gasteiger partial charge in [0.2, 0.25) is 5.91 Å². The number of rotatable bonds is 4. The third-order valence-electron chi connectivity index (χ3n) is 5.49. The fraction of sp³-hybridized carbons (Fsp3) is 0.619. The summed E-state index contributed by atoms with van der Waals surface area (Å²) in [6, 6.07) is 5.19. The predicted octanol–water partition coefficient (Wildman–Crippen LogP) is 2.19. The Labute approximate surface area is 166 Å². The van der Waals surface area contributed by atoms with Gasteiger partial charge in [0.05, 0.1) is 26.4 Å². The van der Waals surface area contributed by atoms with Crippen molar-refractivity contribution in [3.63, 3.8) is 0 Å². The second-order valence-corrected chi connectivity index (χ2v) is 7.64. The van der Waals surface area contributed by atoms with Crippen LogP contribution in [0.2, 0.25) is 0 Å². The molecule has 0 aromatic heterocycles. The van der Waals surface area contributed by atoms with E-state index in [1.165, 1.54) is 0 Å². The Kier molecular flexibility index (Phi) is 6.44. The van der Waals surface area contributed by atoms with Crippen molar-refractivity contribution in [1.82, 2.24) is 9.80 Å². The quantitative estimate of drug-likeness (QED) is 0.788. The summed E-state index contributed by atoms with van der Waals surface area (Å²) in [6.07, 6.45) is 1.52. The number of likely N-dealkylation sites (tertiary alicyclic amines) is 1. The fourth-order valence-corrected chi connectivity index (χ4v) is 4.10. The topological polar surface area (TPSA) is 68.3 Å². The van der Waals surface area contributed by atoms with Gasteiger partial charge in [-0.05, 0) is 44.9 Å². The molecule has 1 aromatic carbocycles. The first-order chi connectivity index (χ1) is 13.4. The van der Waals surface area contributed by atoms with E-state index >= 15 is 0 Å². The summed E-state index contributed by atoms with van der Waals surface area (Å²) in [5.41, 5.74) is 0.568. The molecule has 28 heavy (non-hydrogen) atoms. The van der Waals surface area contributed by atoms with Crippen molar-refractivity contribution >= 4 is 11.8 Å². The molecule has 2 aliphatic rings. The van der Waals surface area contributed by atoms with E-state index in [1.807, 2.05) is 23.6 Å². The highest BCUT2D eigenvalue weighted by Gasteiger charge is 2.33. The summed E-state index contributed by atoms with van der Waals surface area (Å²) in [7, 11) is 3.12. The zero-order chi connectivity index (χ0) is 20.3. The lowest BCUT2D eigenvalue weighted by atomic mass is 9.94. The van der Waals surface area contributed by atoms with Gasteiger partial charge in [-0.1, -0.05) is 0 Å². The highest BCUT2D eigenvalue weighted by atomic mass is 16.5. The van der Waals surface area contributed by atoms with E-state index in [4.69, 9.17) is 14.2 Å². The number of ether oxygens (including phenoxy) is 3. The average molecular weight is 390 g/mol. The Morgan fingerprint density at radius 3 is 2.14 bits per heavy atom. The smallest absolute Gasteiger partial charge is 0.253 e. The summed E-state index contributed by atoms with van der Waals surface area (Å²) in [5.74, 6) is 1.26. The largest absolute Gasteiger partial charge is 0.493 e. The molecule has 2 unspecified atom stereocenters. The molecule has 1 aromatic rings. The van der Waals surface area contributed by atoms with Crippen LogP contribution in [0.3, 0.4) is 0 Å². The molecule has 2 amide bonds. The monoisotopic (exact) mass is 390 g/mol. The van der Waals surface area contributed by atoms with Crippen LogP contribution in [0.15, 0.2) is 18.2 Å². The average Bonchev–Trinajstić information content (AvgIpc) is 2.71. The molecule has 2 fully saturated rings. The Morgan fingerprint density at radius 2 is 1.57 bits per heavy atom. The van der Waals surface area contributed by atoms with Gasteiger partial charge in [-0.15, -0.1) is 0 Å². The first-order valence-electron chi connectivity index (χ1n) is 9.88. The van der Waals surface area contributed by atoms with E-state index in [0.29, 0.717) is 56.1 Å². The lowest BCUT2D eigenvalue weighted by Gasteiger charge is -2.39. The molecule has 7 heteroatoms. The van der Waals surface area contributed by atoms with Crippen molar-refractivity contribution in [3.8, 4) is 11.5 Å². The Morgan fingerprint density at radius 1 is 0.964 bits per heavy atom. The van der Waals surface area contributed by atoms with Crippen LogP contribution in [-0.2, 0) is 9.53 Å². The van der Waals surface area contributed by atoms with Crippen molar-refractivity contribution in [3.05, 3.63) is 23.8 Å². The van der Waals surface area contributed by atoms with Crippen molar-refractivity contribution in [1.29, 1.82) is 0 Å². The minimum atomic E-state index is -0.0412. The third kappa shape index (κ3) is 4.41. The molecule has 0 radical (unpaired) electrons. The van der Waals surface area contributed by atoms with Crippen LogP contribution in [0.1, 0.15) is 37.0 Å². The summed E-state index contributed by atoms with van der Waals surface area (Å²) in [5, 5.41) is 0. The maximum Gasteiger partial charge on any atom is 0.253 e. The van der Waals surface area contributed by atoms with Crippen LogP contribution in [0.5, 0.6) is 11.5 Å². The number of hydrogen-bond acceptors (Lipinski definition) is 5. The Balaban J connectivity index is 1.59. The molecule has 2 aliphatic heterocycles. The number of methoxy groups -OCH3 is 2. The molecule has 154 valence electrons. The van der Waals surface area contributed by atoms with Gasteiger partial charge < -0.3 is 24.0 Å². The number of benzene rings is 1. The Bertz CT molecular complexity index is 705. The predicted molar refractivity (Wildman–Crippen MR) is 105 cm³/mol. The molecule has 0 N–H and O–H groups in total. The normalized spacial score (nSPS) is 23.4. The number of hydrogen-bond donors (Lipinski definition) is 0. The molecule has 2 atom stereocenters. The van der Waals surface area contributed by atoms with Crippen molar-refractivity contribution in [2.45, 2.75) is 38.9 Å². The highest BCUT2D eigenvalue weighted by molar-refractivity contribution is 5.95. The van der Waals surface area contributed by atoms with Gasteiger partial charge >= 0.3 is 0 Å². The van der Waals surface area contributed by atoms with E-state index < -0.39 is 0 Å². The van der Waals surface area contributed by atoms with Crippen molar-refractivity contribution in [2.75, 3.05) is 40.4 Å². The lowest BCUT2D eigenvalue weighted by Crippen LogP contribution is -2.51. The Hall–Kier alpha value is -2.28. The molecule has 2 saturated heterocycles. The van der Waals surface area contributed by atoms with Crippen LogP contribution in [0.25, 0.3) is 0 Å². The molecule has 0 aliphatic carbocycles. The standard InChI is InChI=1S/C21H30N2O5/c1-14-12-23(13-15(2)28-14)20(24)16-7-9-22(10-8-16)21(25)17-5-6-18(26-3)19(11-17)27-4/h5-6,11,14-16H,7-10,12-13H2,1-4H3. The molecule has 0 bridgehead atoms. The number of morpholine rings is 1. The van der Waals surface area contributed by atoms with E-state index in [1.54, 1.807) is 32.4 Å². The maximum absolute atomic E-state index is 12.9. The van der Waals surface area contributed by atoms with Gasteiger partial charge in [0.1, 0.15) is 0 Å². The second kappa shape index (κ2) is 8.82. The molecule has 0 spiro atoms. The highest BCUT2D eigenvalue weighted by Crippen LogP contribution is 2.29. The number of nitrogens with zero attached hydrogens (tertiary/aromatic N) is 2. The van der Waals surface area contributed by atoms with Gasteiger partial charge in [-0.2, -0.15) is 0 Å². The fourth-order valence-electron chi connectivity index (χ4n) is 4.10. The van der Waals surface area contributed by atoms with Crippen LogP contribution in [-0.4, -0.2) is 74.2 Å². The minimum absolute atomic E-state index is 0.0213. The molecule has 2 heterocycles. The minimum Gasteiger partial charge on any atom is -0.493 e. The summed E-state index contributed by atoms with van der Waals surface area (Å²) < 4.78 is 16.2. The number of amides is 2. The van der Waals surface area contributed by atoms with Gasteiger partial charge in [0.25, 0.3) is 5.91 Å². The number of piperidine rings is 1. The SMILES string of the molecule is COc1ccc(C(=O)N2CCC(C(=O)N3CC(C)OC(C)C3)CC2)cc1OC. The van der Waals surface area contributed by atoms with E-state index in [2.05, 4.69) is 0 Å². The van der Waals surface area contributed by atoms with E-state index in [-0.39, 0.29) is 29.9 Å². The van der Waals surface area contributed by atoms with Crippen molar-refractivity contribution in [2.24, 2.45) is 5.92 Å². The van der Waals surface area contributed by atoms with Gasteiger partial charge in [-0.25, -0.2) is 0 Å². The molecule has 3 rings (SSSR count). The van der Waals surface area contributed by atoms with Gasteiger partial charge in [0.15, 0.2) is 11.5 Å².